The molecule has 0 spiro atoms. The van der Waals surface area contributed by atoms with Gasteiger partial charge in [-0.1, -0.05) is 36.8 Å². The Hall–Kier alpha value is -1.68. The second-order valence-corrected chi connectivity index (χ2v) is 7.00. The molecule has 2 aliphatic heterocycles. The van der Waals surface area contributed by atoms with Gasteiger partial charge in [0.05, 0.1) is 0 Å². The highest BCUT2D eigenvalue weighted by Crippen LogP contribution is 2.28. The molecule has 2 aromatic rings. The maximum absolute atomic E-state index is 4.59. The van der Waals surface area contributed by atoms with Crippen LogP contribution in [0.1, 0.15) is 55.2 Å². The third-order valence-electron chi connectivity index (χ3n) is 5.26. The van der Waals surface area contributed by atoms with E-state index in [0.717, 1.165) is 26.1 Å². The summed E-state index contributed by atoms with van der Waals surface area (Å²) in [5.74, 6) is 3.02. The SMILES string of the molecule is c1ccc(CN2CCCC(c3nnc4n3CCCCC4)C2)cc1. The van der Waals surface area contributed by atoms with Crippen molar-refractivity contribution < 1.29 is 0 Å². The second-order valence-electron chi connectivity index (χ2n) is 7.00. The third-order valence-corrected chi connectivity index (χ3v) is 5.26. The van der Waals surface area contributed by atoms with Crippen molar-refractivity contribution in [3.63, 3.8) is 0 Å². The van der Waals surface area contributed by atoms with Crippen molar-refractivity contribution in [3.05, 3.63) is 47.5 Å². The number of aryl methyl sites for hydroxylation is 1. The van der Waals surface area contributed by atoms with Gasteiger partial charge >= 0.3 is 0 Å². The number of rotatable bonds is 3. The highest BCUT2D eigenvalue weighted by Gasteiger charge is 2.27. The molecule has 0 amide bonds. The lowest BCUT2D eigenvalue weighted by Crippen LogP contribution is -2.35. The smallest absolute Gasteiger partial charge is 0.137 e. The Labute approximate surface area is 138 Å². The van der Waals surface area contributed by atoms with Crippen LogP contribution < -0.4 is 0 Å². The molecular weight excluding hydrogens is 284 g/mol. The molecule has 4 rings (SSSR count). The summed E-state index contributed by atoms with van der Waals surface area (Å²) in [6, 6.07) is 10.8. The summed E-state index contributed by atoms with van der Waals surface area (Å²) in [4.78, 5) is 2.59. The monoisotopic (exact) mass is 310 g/mol. The molecule has 2 aliphatic rings. The fourth-order valence-corrected chi connectivity index (χ4v) is 4.06. The summed E-state index contributed by atoms with van der Waals surface area (Å²) < 4.78 is 2.43. The summed E-state index contributed by atoms with van der Waals surface area (Å²) in [6.07, 6.45) is 7.49. The van der Waals surface area contributed by atoms with Crippen LogP contribution in [0.15, 0.2) is 30.3 Å². The molecule has 1 unspecified atom stereocenters. The first kappa shape index (κ1) is 14.9. The van der Waals surface area contributed by atoms with Crippen LogP contribution in [-0.2, 0) is 19.5 Å². The summed E-state index contributed by atoms with van der Waals surface area (Å²) in [6.45, 7) is 4.49. The number of fused-ring (bicyclic) bond motifs is 1. The molecule has 4 nitrogen and oxygen atoms in total. The van der Waals surface area contributed by atoms with Crippen LogP contribution in [0.5, 0.6) is 0 Å². The summed E-state index contributed by atoms with van der Waals surface area (Å²) >= 11 is 0. The number of benzene rings is 1. The molecule has 1 saturated heterocycles. The van der Waals surface area contributed by atoms with Crippen molar-refractivity contribution in [2.45, 2.75) is 57.5 Å². The molecule has 1 atom stereocenters. The Morgan fingerprint density at radius 2 is 1.87 bits per heavy atom. The van der Waals surface area contributed by atoms with E-state index in [1.807, 2.05) is 0 Å². The standard InChI is InChI=1S/C19H26N4/c1-3-8-16(9-4-1)14-22-12-7-10-17(15-22)19-21-20-18-11-5-2-6-13-23(18)19/h1,3-4,8-9,17H,2,5-7,10-15H2. The minimum absolute atomic E-state index is 0.548. The zero-order valence-electron chi connectivity index (χ0n) is 13.8. The van der Waals surface area contributed by atoms with Crippen molar-refractivity contribution in [3.8, 4) is 0 Å². The van der Waals surface area contributed by atoms with Crippen molar-refractivity contribution >= 4 is 0 Å². The predicted octanol–water partition coefficient (Wildman–Crippen LogP) is 3.38. The second kappa shape index (κ2) is 6.83. The van der Waals surface area contributed by atoms with Crippen LogP contribution in [0.4, 0.5) is 0 Å². The van der Waals surface area contributed by atoms with Crippen molar-refractivity contribution in [2.24, 2.45) is 0 Å². The van der Waals surface area contributed by atoms with E-state index in [4.69, 9.17) is 0 Å². The van der Waals surface area contributed by atoms with Crippen molar-refractivity contribution in [2.75, 3.05) is 13.1 Å². The molecule has 3 heterocycles. The average molecular weight is 310 g/mol. The molecule has 4 heteroatoms. The van der Waals surface area contributed by atoms with Gasteiger partial charge in [-0.2, -0.15) is 0 Å². The fourth-order valence-electron chi connectivity index (χ4n) is 4.06. The van der Waals surface area contributed by atoms with Gasteiger partial charge in [0.15, 0.2) is 0 Å². The van der Waals surface area contributed by atoms with E-state index in [1.165, 1.54) is 55.9 Å². The molecule has 122 valence electrons. The van der Waals surface area contributed by atoms with Crippen LogP contribution in [0.2, 0.25) is 0 Å². The molecular formula is C19H26N4. The maximum Gasteiger partial charge on any atom is 0.137 e. The van der Waals surface area contributed by atoms with E-state index in [9.17, 15) is 0 Å². The van der Waals surface area contributed by atoms with Gasteiger partial charge in [-0.25, -0.2) is 0 Å². The Balaban J connectivity index is 1.48. The van der Waals surface area contributed by atoms with Crippen LogP contribution in [0.25, 0.3) is 0 Å². The maximum atomic E-state index is 4.59. The molecule has 0 aliphatic carbocycles. The first-order chi connectivity index (χ1) is 11.4. The number of aromatic nitrogens is 3. The third kappa shape index (κ3) is 3.32. The number of nitrogens with zero attached hydrogens (tertiary/aromatic N) is 4. The molecule has 1 aromatic heterocycles. The highest BCUT2D eigenvalue weighted by atomic mass is 15.3. The molecule has 1 aromatic carbocycles. The molecule has 0 N–H and O–H groups in total. The number of hydrogen-bond acceptors (Lipinski definition) is 3. The topological polar surface area (TPSA) is 34.0 Å². The Morgan fingerprint density at radius 1 is 0.957 bits per heavy atom. The molecule has 0 bridgehead atoms. The van der Waals surface area contributed by atoms with E-state index < -0.39 is 0 Å². The molecule has 1 fully saturated rings. The molecule has 0 radical (unpaired) electrons. The molecule has 23 heavy (non-hydrogen) atoms. The largest absolute Gasteiger partial charge is 0.315 e. The van der Waals surface area contributed by atoms with Gasteiger partial charge in [-0.05, 0) is 37.8 Å². The minimum Gasteiger partial charge on any atom is -0.315 e. The predicted molar refractivity (Wildman–Crippen MR) is 91.3 cm³/mol. The van der Waals surface area contributed by atoms with E-state index in [-0.39, 0.29) is 0 Å². The first-order valence-electron chi connectivity index (χ1n) is 9.08. The lowest BCUT2D eigenvalue weighted by molar-refractivity contribution is 0.194. The van der Waals surface area contributed by atoms with Gasteiger partial charge in [0.2, 0.25) is 0 Å². The van der Waals surface area contributed by atoms with Crippen LogP contribution in [0, 0.1) is 0 Å². The van der Waals surface area contributed by atoms with E-state index in [0.29, 0.717) is 5.92 Å². The summed E-state index contributed by atoms with van der Waals surface area (Å²) in [7, 11) is 0. The van der Waals surface area contributed by atoms with Crippen LogP contribution in [0.3, 0.4) is 0 Å². The van der Waals surface area contributed by atoms with Gasteiger partial charge < -0.3 is 4.57 Å². The first-order valence-corrected chi connectivity index (χ1v) is 9.08. The van der Waals surface area contributed by atoms with Gasteiger partial charge in [-0.15, -0.1) is 10.2 Å². The van der Waals surface area contributed by atoms with Crippen LogP contribution in [-0.4, -0.2) is 32.8 Å². The van der Waals surface area contributed by atoms with E-state index >= 15 is 0 Å². The average Bonchev–Trinajstić information content (AvgIpc) is 2.85. The Kier molecular flexibility index (Phi) is 4.42. The van der Waals surface area contributed by atoms with Gasteiger partial charge in [0.25, 0.3) is 0 Å². The number of hydrogen-bond donors (Lipinski definition) is 0. The number of likely N-dealkylation sites (tertiary alicyclic amines) is 1. The fraction of sp³-hybridized carbons (Fsp3) is 0.579. The summed E-state index contributed by atoms with van der Waals surface area (Å²) in [5, 5.41) is 9.09. The van der Waals surface area contributed by atoms with Gasteiger partial charge in [0, 0.05) is 32.0 Å². The highest BCUT2D eigenvalue weighted by molar-refractivity contribution is 5.15. The summed E-state index contributed by atoms with van der Waals surface area (Å²) in [5.41, 5.74) is 1.41. The van der Waals surface area contributed by atoms with Crippen molar-refractivity contribution in [1.82, 2.24) is 19.7 Å². The zero-order valence-corrected chi connectivity index (χ0v) is 13.8. The quantitative estimate of drug-likeness (QED) is 0.871. The lowest BCUT2D eigenvalue weighted by atomic mass is 9.96. The minimum atomic E-state index is 0.548. The van der Waals surface area contributed by atoms with E-state index in [1.54, 1.807) is 0 Å². The Bertz CT molecular complexity index is 634. The zero-order chi connectivity index (χ0) is 15.5. The van der Waals surface area contributed by atoms with Gasteiger partial charge in [0.1, 0.15) is 11.6 Å². The molecule has 0 saturated carbocycles. The van der Waals surface area contributed by atoms with Crippen molar-refractivity contribution in [1.29, 1.82) is 0 Å². The van der Waals surface area contributed by atoms with E-state index in [2.05, 4.69) is 50.0 Å². The van der Waals surface area contributed by atoms with Crippen LogP contribution >= 0.6 is 0 Å². The number of piperidine rings is 1. The normalized spacial score (nSPS) is 22.5. The van der Waals surface area contributed by atoms with Gasteiger partial charge in [-0.3, -0.25) is 4.90 Å². The Morgan fingerprint density at radius 3 is 2.78 bits per heavy atom. The lowest BCUT2D eigenvalue weighted by Gasteiger charge is -2.32.